The Morgan fingerprint density at radius 2 is 1.91 bits per heavy atom. The van der Waals surface area contributed by atoms with Crippen molar-refractivity contribution in [1.29, 1.82) is 0 Å². The molecule has 0 radical (unpaired) electrons. The van der Waals surface area contributed by atoms with E-state index in [0.29, 0.717) is 17.5 Å². The smallest absolute Gasteiger partial charge is 0.246 e. The van der Waals surface area contributed by atoms with Gasteiger partial charge >= 0.3 is 0 Å². The van der Waals surface area contributed by atoms with E-state index in [1.165, 1.54) is 5.69 Å². The van der Waals surface area contributed by atoms with Crippen LogP contribution in [0.15, 0.2) is 47.1 Å². The Labute approximate surface area is 133 Å². The van der Waals surface area contributed by atoms with Gasteiger partial charge in [0.1, 0.15) is 0 Å². The van der Waals surface area contributed by atoms with Gasteiger partial charge < -0.3 is 19.4 Å². The van der Waals surface area contributed by atoms with Crippen LogP contribution in [0.2, 0.25) is 0 Å². The van der Waals surface area contributed by atoms with Gasteiger partial charge in [-0.25, -0.2) is 0 Å². The number of hydrogen-bond donors (Lipinski definition) is 2. The Morgan fingerprint density at radius 1 is 1.09 bits per heavy atom. The van der Waals surface area contributed by atoms with Gasteiger partial charge in [-0.1, -0.05) is 0 Å². The Morgan fingerprint density at radius 3 is 2.65 bits per heavy atom. The van der Waals surface area contributed by atoms with Crippen LogP contribution >= 0.6 is 0 Å². The Kier molecular flexibility index (Phi) is 3.69. The molecule has 0 spiro atoms. The predicted molar refractivity (Wildman–Crippen MR) is 86.8 cm³/mol. The highest BCUT2D eigenvalue weighted by Crippen LogP contribution is 2.22. The first-order valence-electron chi connectivity index (χ1n) is 7.54. The summed E-state index contributed by atoms with van der Waals surface area (Å²) in [6.07, 6.45) is 1.61. The number of anilines is 3. The fourth-order valence-corrected chi connectivity index (χ4v) is 2.55. The minimum Gasteiger partial charge on any atom is -0.461 e. The van der Waals surface area contributed by atoms with Crippen LogP contribution in [0.5, 0.6) is 0 Å². The molecule has 1 fully saturated rings. The van der Waals surface area contributed by atoms with Gasteiger partial charge in [-0.3, -0.25) is 5.10 Å². The first-order valence-corrected chi connectivity index (χ1v) is 7.54. The molecule has 1 saturated heterocycles. The van der Waals surface area contributed by atoms with Crippen LogP contribution in [-0.4, -0.2) is 41.5 Å². The van der Waals surface area contributed by atoms with E-state index < -0.39 is 0 Å². The summed E-state index contributed by atoms with van der Waals surface area (Å²) in [5.74, 6) is 1.77. The zero-order valence-corrected chi connectivity index (χ0v) is 12.5. The maximum atomic E-state index is 5.38. The molecule has 4 rings (SSSR count). The van der Waals surface area contributed by atoms with E-state index in [9.17, 15) is 0 Å². The number of furan rings is 1. The third-order valence-corrected chi connectivity index (χ3v) is 3.74. The molecular weight excluding hydrogens is 294 g/mol. The Bertz CT molecular complexity index is 745. The molecule has 7 heteroatoms. The van der Waals surface area contributed by atoms with Crippen molar-refractivity contribution in [1.82, 2.24) is 15.2 Å². The summed E-state index contributed by atoms with van der Waals surface area (Å²) in [7, 11) is 0. The van der Waals surface area contributed by atoms with Crippen LogP contribution in [0.4, 0.5) is 17.3 Å². The minimum atomic E-state index is 0.510. The average Bonchev–Trinajstić information content (AvgIpc) is 3.28. The van der Waals surface area contributed by atoms with Crippen LogP contribution in [0.1, 0.15) is 0 Å². The zero-order chi connectivity index (χ0) is 15.5. The lowest BCUT2D eigenvalue weighted by Gasteiger charge is -2.28. The van der Waals surface area contributed by atoms with Gasteiger partial charge in [0.05, 0.1) is 19.5 Å². The van der Waals surface area contributed by atoms with E-state index in [4.69, 9.17) is 9.15 Å². The molecule has 23 heavy (non-hydrogen) atoms. The number of nitrogens with zero attached hydrogens (tertiary/aromatic N) is 3. The van der Waals surface area contributed by atoms with Crippen molar-refractivity contribution in [2.75, 3.05) is 36.5 Å². The summed E-state index contributed by atoms with van der Waals surface area (Å²) in [4.78, 5) is 6.68. The lowest BCUT2D eigenvalue weighted by Crippen LogP contribution is -2.36. The van der Waals surface area contributed by atoms with Crippen molar-refractivity contribution >= 4 is 17.3 Å². The summed E-state index contributed by atoms with van der Waals surface area (Å²) in [6, 6.07) is 11.9. The first kappa shape index (κ1) is 13.8. The number of H-pyrrole nitrogens is 1. The molecule has 1 aliphatic rings. The first-order chi connectivity index (χ1) is 11.4. The van der Waals surface area contributed by atoms with E-state index >= 15 is 0 Å². The predicted octanol–water partition coefficient (Wildman–Crippen LogP) is 2.64. The molecule has 1 aromatic carbocycles. The molecule has 7 nitrogen and oxygen atoms in total. The number of morpholine rings is 1. The van der Waals surface area contributed by atoms with Crippen molar-refractivity contribution < 1.29 is 9.15 Å². The number of rotatable bonds is 4. The number of hydrogen-bond acceptors (Lipinski definition) is 6. The minimum absolute atomic E-state index is 0.510. The quantitative estimate of drug-likeness (QED) is 0.771. The van der Waals surface area contributed by atoms with Gasteiger partial charge in [0.15, 0.2) is 11.6 Å². The Balaban J connectivity index is 1.44. The van der Waals surface area contributed by atoms with E-state index in [-0.39, 0.29) is 0 Å². The lowest BCUT2D eigenvalue weighted by molar-refractivity contribution is 0.122. The Hall–Kier alpha value is -2.80. The van der Waals surface area contributed by atoms with Crippen LogP contribution < -0.4 is 10.2 Å². The molecule has 0 bridgehead atoms. The van der Waals surface area contributed by atoms with Crippen LogP contribution in [-0.2, 0) is 4.74 Å². The summed E-state index contributed by atoms with van der Waals surface area (Å²) >= 11 is 0. The number of nitrogens with one attached hydrogen (secondary N) is 2. The molecule has 3 aromatic rings. The topological polar surface area (TPSA) is 79.2 Å². The highest BCUT2D eigenvalue weighted by molar-refractivity contribution is 5.60. The highest BCUT2D eigenvalue weighted by Gasteiger charge is 2.11. The lowest BCUT2D eigenvalue weighted by atomic mass is 10.2. The standard InChI is InChI=1S/C16H17N5O2/c1-2-14(23-9-1)15-18-16(20-19-15)17-12-3-5-13(6-4-12)21-7-10-22-11-8-21/h1-6,9H,7-8,10-11H2,(H2,17,18,19,20). The fourth-order valence-electron chi connectivity index (χ4n) is 2.55. The number of ether oxygens (including phenoxy) is 1. The van der Waals surface area contributed by atoms with Crippen molar-refractivity contribution in [3.05, 3.63) is 42.7 Å². The number of aromatic amines is 1. The molecule has 1 aliphatic heterocycles. The SMILES string of the molecule is c1coc(-c2nc(Nc3ccc(N4CCOCC4)cc3)n[nH]2)c1. The second kappa shape index (κ2) is 6.13. The molecule has 2 N–H and O–H groups in total. The summed E-state index contributed by atoms with van der Waals surface area (Å²) in [5.41, 5.74) is 2.14. The van der Waals surface area contributed by atoms with E-state index in [1.807, 2.05) is 24.3 Å². The molecule has 0 atom stereocenters. The van der Waals surface area contributed by atoms with Gasteiger partial charge in [-0.15, -0.1) is 5.10 Å². The third-order valence-electron chi connectivity index (χ3n) is 3.74. The van der Waals surface area contributed by atoms with Gasteiger partial charge in [0, 0.05) is 24.5 Å². The van der Waals surface area contributed by atoms with Crippen molar-refractivity contribution in [3.8, 4) is 11.6 Å². The summed E-state index contributed by atoms with van der Waals surface area (Å²) < 4.78 is 10.7. The molecular formula is C16H17N5O2. The van der Waals surface area contributed by atoms with Crippen LogP contribution in [0.25, 0.3) is 11.6 Å². The summed E-state index contributed by atoms with van der Waals surface area (Å²) in [6.45, 7) is 3.43. The molecule has 118 valence electrons. The second-order valence-electron chi connectivity index (χ2n) is 5.26. The van der Waals surface area contributed by atoms with Gasteiger partial charge in [-0.05, 0) is 36.4 Å². The molecule has 3 heterocycles. The average molecular weight is 311 g/mol. The molecule has 0 amide bonds. The molecule has 2 aromatic heterocycles. The van der Waals surface area contributed by atoms with Gasteiger partial charge in [0.2, 0.25) is 5.95 Å². The largest absolute Gasteiger partial charge is 0.461 e. The van der Waals surface area contributed by atoms with Crippen LogP contribution in [0, 0.1) is 0 Å². The van der Waals surface area contributed by atoms with Crippen molar-refractivity contribution in [2.45, 2.75) is 0 Å². The van der Waals surface area contributed by atoms with E-state index in [0.717, 1.165) is 32.0 Å². The van der Waals surface area contributed by atoms with E-state index in [2.05, 4.69) is 37.5 Å². The third kappa shape index (κ3) is 3.04. The summed E-state index contributed by atoms with van der Waals surface area (Å²) in [5, 5.41) is 10.2. The van der Waals surface area contributed by atoms with Gasteiger partial charge in [-0.2, -0.15) is 4.98 Å². The zero-order valence-electron chi connectivity index (χ0n) is 12.5. The van der Waals surface area contributed by atoms with Crippen molar-refractivity contribution in [2.24, 2.45) is 0 Å². The second-order valence-corrected chi connectivity index (χ2v) is 5.26. The van der Waals surface area contributed by atoms with Gasteiger partial charge in [0.25, 0.3) is 0 Å². The molecule has 0 saturated carbocycles. The van der Waals surface area contributed by atoms with E-state index in [1.54, 1.807) is 6.26 Å². The fraction of sp³-hybridized carbons (Fsp3) is 0.250. The number of benzene rings is 1. The molecule has 0 aliphatic carbocycles. The normalized spacial score (nSPS) is 14.9. The maximum Gasteiger partial charge on any atom is 0.246 e. The van der Waals surface area contributed by atoms with Crippen molar-refractivity contribution in [3.63, 3.8) is 0 Å². The number of aromatic nitrogens is 3. The monoisotopic (exact) mass is 311 g/mol. The molecule has 0 unspecified atom stereocenters. The van der Waals surface area contributed by atoms with Crippen LogP contribution in [0.3, 0.4) is 0 Å². The highest BCUT2D eigenvalue weighted by atomic mass is 16.5. The maximum absolute atomic E-state index is 5.38.